The van der Waals surface area contributed by atoms with Gasteiger partial charge in [-0.15, -0.1) is 4.48 Å². The third kappa shape index (κ3) is 4.13. The molecule has 1 fully saturated rings. The third-order valence-corrected chi connectivity index (χ3v) is 4.10. The fourth-order valence-electron chi connectivity index (χ4n) is 2.76. The van der Waals surface area contributed by atoms with Crippen molar-refractivity contribution in [2.75, 3.05) is 6.54 Å². The second-order valence-electron chi connectivity index (χ2n) is 7.17. The van der Waals surface area contributed by atoms with Crippen molar-refractivity contribution in [2.45, 2.75) is 58.8 Å². The van der Waals surface area contributed by atoms with E-state index in [2.05, 4.69) is 0 Å². The first kappa shape index (κ1) is 18.4. The summed E-state index contributed by atoms with van der Waals surface area (Å²) in [6.07, 6.45) is 0.205. The van der Waals surface area contributed by atoms with Crippen LogP contribution in [0.5, 0.6) is 0 Å². The van der Waals surface area contributed by atoms with E-state index in [4.69, 9.17) is 14.5 Å². The van der Waals surface area contributed by atoms with E-state index in [-0.39, 0.29) is 12.6 Å². The van der Waals surface area contributed by atoms with Crippen molar-refractivity contribution >= 4 is 12.2 Å². The van der Waals surface area contributed by atoms with Crippen molar-refractivity contribution in [3.63, 3.8) is 0 Å². The van der Waals surface area contributed by atoms with Crippen LogP contribution < -0.4 is 0 Å². The summed E-state index contributed by atoms with van der Waals surface area (Å²) in [5, 5.41) is 0. The molecule has 0 aliphatic carbocycles. The van der Waals surface area contributed by atoms with E-state index in [1.807, 2.05) is 37.3 Å². The number of carbonyl (C=O) groups excluding carboxylic acids is 2. The molecule has 1 heterocycles. The molecule has 6 heteroatoms. The number of amides is 2. The minimum atomic E-state index is -0.715. The summed E-state index contributed by atoms with van der Waals surface area (Å²) in [5.74, 6) is 0. The van der Waals surface area contributed by atoms with E-state index in [1.54, 1.807) is 20.8 Å². The molecule has 1 aromatic rings. The molecule has 2 amide bonds. The van der Waals surface area contributed by atoms with Crippen LogP contribution in [0.25, 0.3) is 0 Å². The van der Waals surface area contributed by atoms with E-state index in [9.17, 15) is 9.59 Å². The zero-order valence-electron chi connectivity index (χ0n) is 14.8. The molecule has 1 unspecified atom stereocenters. The fraction of sp³-hybridized carbons (Fsp3) is 0.556. The van der Waals surface area contributed by atoms with Crippen LogP contribution in [0, 0.1) is 0 Å². The summed E-state index contributed by atoms with van der Waals surface area (Å²) in [6, 6.07) is 9.17. The van der Waals surface area contributed by atoms with Crippen molar-refractivity contribution in [3.05, 3.63) is 35.9 Å². The van der Waals surface area contributed by atoms with Gasteiger partial charge in [-0.1, -0.05) is 30.3 Å². The van der Waals surface area contributed by atoms with Crippen LogP contribution in [0.1, 0.15) is 46.1 Å². The van der Waals surface area contributed by atoms with Crippen molar-refractivity contribution in [1.29, 1.82) is 0 Å². The number of nitrogens with zero attached hydrogens (tertiary/aromatic N) is 1. The molecule has 24 heavy (non-hydrogen) atoms. The number of rotatable bonds is 3. The summed E-state index contributed by atoms with van der Waals surface area (Å²) in [6.45, 7) is 7.65. The highest BCUT2D eigenvalue weighted by molar-refractivity contribution is 5.76. The first-order valence-corrected chi connectivity index (χ1v) is 8.25. The number of hydrogen-bond donors (Lipinski definition) is 0. The van der Waals surface area contributed by atoms with Gasteiger partial charge in [0, 0.05) is 12.8 Å². The summed E-state index contributed by atoms with van der Waals surface area (Å²) >= 11 is 0. The molecule has 1 aliphatic rings. The predicted octanol–water partition coefficient (Wildman–Crippen LogP) is 4.19. The second-order valence-corrected chi connectivity index (χ2v) is 7.17. The van der Waals surface area contributed by atoms with Gasteiger partial charge in [-0.05, 0) is 33.3 Å². The van der Waals surface area contributed by atoms with Gasteiger partial charge in [0.1, 0.15) is 24.8 Å². The van der Waals surface area contributed by atoms with Crippen LogP contribution in [0.3, 0.4) is 0 Å². The number of imide groups is 1. The lowest BCUT2D eigenvalue weighted by Gasteiger charge is -2.30. The van der Waals surface area contributed by atoms with Crippen LogP contribution in [0.15, 0.2) is 30.3 Å². The molecule has 1 saturated heterocycles. The molecule has 0 spiro atoms. The standard InChI is InChI=1S/C18H26NO5/c1-14-9-8-12-19(14,17(21)23-24-18(2,3)4)16(20)22-13-15-10-6-5-7-11-15/h5-7,10-11,14H,8-9,12-13H2,1-4H3/q+1/t14-,19?/m1/s1. The zero-order chi connectivity index (χ0) is 17.8. The molecule has 6 nitrogen and oxygen atoms in total. The minimum Gasteiger partial charge on any atom is -0.415 e. The zero-order valence-corrected chi connectivity index (χ0v) is 14.8. The Morgan fingerprint density at radius 2 is 1.83 bits per heavy atom. The van der Waals surface area contributed by atoms with Crippen molar-refractivity contribution in [3.8, 4) is 0 Å². The van der Waals surface area contributed by atoms with Crippen molar-refractivity contribution < 1.29 is 28.6 Å². The van der Waals surface area contributed by atoms with Gasteiger partial charge in [0.15, 0.2) is 0 Å². The first-order chi connectivity index (χ1) is 11.3. The highest BCUT2D eigenvalue weighted by Gasteiger charge is 2.57. The molecule has 132 valence electrons. The van der Waals surface area contributed by atoms with Crippen LogP contribution in [0.4, 0.5) is 9.59 Å². The number of likely N-dealkylation sites (tertiary alicyclic amines) is 1. The maximum Gasteiger partial charge on any atom is 0.558 e. The lowest BCUT2D eigenvalue weighted by Crippen LogP contribution is -2.59. The highest BCUT2D eigenvalue weighted by atomic mass is 17.2. The van der Waals surface area contributed by atoms with Gasteiger partial charge in [0.2, 0.25) is 0 Å². The SMILES string of the molecule is C[C@@H]1CCC[N+]1(C(=O)OCc1ccccc1)C(=O)OOC(C)(C)C. The average molecular weight is 336 g/mol. The lowest BCUT2D eigenvalue weighted by atomic mass is 10.2. The molecule has 0 N–H and O–H groups in total. The maximum absolute atomic E-state index is 12.7. The van der Waals surface area contributed by atoms with Gasteiger partial charge in [-0.3, -0.25) is 0 Å². The van der Waals surface area contributed by atoms with Gasteiger partial charge in [-0.25, -0.2) is 4.89 Å². The topological polar surface area (TPSA) is 61.8 Å². The number of hydrogen-bond acceptors (Lipinski definition) is 5. The van der Waals surface area contributed by atoms with Crippen molar-refractivity contribution in [1.82, 2.24) is 0 Å². The molecular formula is C18H26NO5+. The van der Waals surface area contributed by atoms with Gasteiger partial charge in [-0.2, -0.15) is 14.5 Å². The number of ether oxygens (including phenoxy) is 1. The molecule has 0 saturated carbocycles. The molecular weight excluding hydrogens is 310 g/mol. The van der Waals surface area contributed by atoms with E-state index in [0.717, 1.165) is 18.4 Å². The fourth-order valence-corrected chi connectivity index (χ4v) is 2.76. The Kier molecular flexibility index (Phi) is 5.62. The van der Waals surface area contributed by atoms with E-state index in [0.29, 0.717) is 6.54 Å². The Balaban J connectivity index is 2.09. The molecule has 0 radical (unpaired) electrons. The Morgan fingerprint density at radius 1 is 1.17 bits per heavy atom. The van der Waals surface area contributed by atoms with Crippen LogP contribution >= 0.6 is 0 Å². The van der Waals surface area contributed by atoms with E-state index < -0.39 is 22.3 Å². The minimum absolute atomic E-state index is 0.125. The number of carbonyl (C=O) groups is 2. The largest absolute Gasteiger partial charge is 0.558 e. The van der Waals surface area contributed by atoms with Crippen LogP contribution in [0.2, 0.25) is 0 Å². The highest BCUT2D eigenvalue weighted by Crippen LogP contribution is 2.30. The Morgan fingerprint density at radius 3 is 2.38 bits per heavy atom. The average Bonchev–Trinajstić information content (AvgIpc) is 2.93. The van der Waals surface area contributed by atoms with E-state index >= 15 is 0 Å². The summed E-state index contributed by atoms with van der Waals surface area (Å²) in [7, 11) is 0. The Bertz CT molecular complexity index is 581. The van der Waals surface area contributed by atoms with Crippen LogP contribution in [-0.4, -0.2) is 34.9 Å². The lowest BCUT2D eigenvalue weighted by molar-refractivity contribution is -0.802. The third-order valence-electron chi connectivity index (χ3n) is 4.10. The molecule has 2 rings (SSSR count). The Hall–Kier alpha value is -1.92. The van der Waals surface area contributed by atoms with E-state index in [1.165, 1.54) is 0 Å². The predicted molar refractivity (Wildman–Crippen MR) is 87.8 cm³/mol. The monoisotopic (exact) mass is 336 g/mol. The van der Waals surface area contributed by atoms with Crippen LogP contribution in [-0.2, 0) is 21.1 Å². The summed E-state index contributed by atoms with van der Waals surface area (Å²) in [5.41, 5.74) is 0.228. The molecule has 1 aliphatic heterocycles. The van der Waals surface area contributed by atoms with Gasteiger partial charge >= 0.3 is 12.2 Å². The maximum atomic E-state index is 12.7. The number of quaternary nitrogens is 1. The molecule has 0 aromatic heterocycles. The smallest absolute Gasteiger partial charge is 0.415 e. The number of benzene rings is 1. The molecule has 0 bridgehead atoms. The normalized spacial score (nSPS) is 23.8. The van der Waals surface area contributed by atoms with Gasteiger partial charge < -0.3 is 4.74 Å². The van der Waals surface area contributed by atoms with Crippen molar-refractivity contribution in [2.24, 2.45) is 0 Å². The quantitative estimate of drug-likeness (QED) is 0.470. The summed E-state index contributed by atoms with van der Waals surface area (Å²) < 4.78 is 4.93. The first-order valence-electron chi connectivity index (χ1n) is 8.25. The summed E-state index contributed by atoms with van der Waals surface area (Å²) in [4.78, 5) is 35.4. The van der Waals surface area contributed by atoms with Gasteiger partial charge in [0.25, 0.3) is 0 Å². The second kappa shape index (κ2) is 7.32. The molecule has 1 aromatic carbocycles. The van der Waals surface area contributed by atoms with Gasteiger partial charge in [0.05, 0.1) is 0 Å². The molecule has 2 atom stereocenters. The Labute approximate surface area is 142 Å².